The van der Waals surface area contributed by atoms with Crippen molar-refractivity contribution in [1.82, 2.24) is 4.57 Å². The first-order chi connectivity index (χ1) is 14.2. The van der Waals surface area contributed by atoms with Gasteiger partial charge in [0.15, 0.2) is 0 Å². The number of nitrogens with zero attached hydrogens (tertiary/aromatic N) is 1. The van der Waals surface area contributed by atoms with E-state index in [0.29, 0.717) is 5.46 Å². The molecular formula is C24H16BNO2S. The number of hydrogen-bond acceptors (Lipinski definition) is 3. The summed E-state index contributed by atoms with van der Waals surface area (Å²) in [6, 6.07) is 28.8. The highest BCUT2D eigenvalue weighted by molar-refractivity contribution is 7.26. The number of fused-ring (bicyclic) bond motifs is 7. The van der Waals surface area contributed by atoms with Crippen molar-refractivity contribution in [2.24, 2.45) is 0 Å². The van der Waals surface area contributed by atoms with Crippen molar-refractivity contribution in [3.05, 3.63) is 84.9 Å². The van der Waals surface area contributed by atoms with Gasteiger partial charge >= 0.3 is 7.12 Å². The Kier molecular flexibility index (Phi) is 3.59. The van der Waals surface area contributed by atoms with Crippen LogP contribution in [0.15, 0.2) is 84.9 Å². The van der Waals surface area contributed by atoms with Gasteiger partial charge in [-0.05, 0) is 35.8 Å². The summed E-state index contributed by atoms with van der Waals surface area (Å²) in [5.74, 6) is 0. The van der Waals surface area contributed by atoms with Crippen molar-refractivity contribution >= 4 is 65.9 Å². The Morgan fingerprint density at radius 1 is 0.690 bits per heavy atom. The molecule has 5 heteroatoms. The van der Waals surface area contributed by atoms with Crippen LogP contribution in [0.3, 0.4) is 0 Å². The van der Waals surface area contributed by atoms with Gasteiger partial charge in [0.05, 0.1) is 11.0 Å². The largest absolute Gasteiger partial charge is 0.488 e. The molecule has 0 aliphatic heterocycles. The molecular weight excluding hydrogens is 377 g/mol. The number of thiophene rings is 1. The van der Waals surface area contributed by atoms with Crippen molar-refractivity contribution in [1.29, 1.82) is 0 Å². The molecule has 4 aromatic carbocycles. The molecule has 0 saturated carbocycles. The van der Waals surface area contributed by atoms with Gasteiger partial charge < -0.3 is 14.6 Å². The third-order valence-corrected chi connectivity index (χ3v) is 6.74. The maximum atomic E-state index is 9.75. The number of aromatic nitrogens is 1. The van der Waals surface area contributed by atoms with Gasteiger partial charge in [0.2, 0.25) is 0 Å². The molecule has 2 N–H and O–H groups in total. The molecule has 3 nitrogen and oxygen atoms in total. The lowest BCUT2D eigenvalue weighted by Gasteiger charge is -2.09. The van der Waals surface area contributed by atoms with Gasteiger partial charge in [0, 0.05) is 36.6 Å². The van der Waals surface area contributed by atoms with Crippen molar-refractivity contribution < 1.29 is 10.0 Å². The van der Waals surface area contributed by atoms with Crippen molar-refractivity contribution in [3.8, 4) is 5.69 Å². The number of hydrogen-bond donors (Lipinski definition) is 2. The summed E-state index contributed by atoms with van der Waals surface area (Å²) < 4.78 is 4.77. The Bertz CT molecular complexity index is 1530. The maximum absolute atomic E-state index is 9.75. The fraction of sp³-hybridized carbons (Fsp3) is 0. The molecule has 0 amide bonds. The van der Waals surface area contributed by atoms with E-state index < -0.39 is 7.12 Å². The Hall–Kier alpha value is -3.12. The summed E-state index contributed by atoms with van der Waals surface area (Å²) >= 11 is 1.81. The summed E-state index contributed by atoms with van der Waals surface area (Å²) in [7, 11) is -1.50. The van der Waals surface area contributed by atoms with Crippen LogP contribution in [-0.2, 0) is 0 Å². The van der Waals surface area contributed by atoms with Gasteiger partial charge in [-0.15, -0.1) is 11.3 Å². The van der Waals surface area contributed by atoms with Gasteiger partial charge in [0.1, 0.15) is 0 Å². The van der Waals surface area contributed by atoms with Gasteiger partial charge in [-0.3, -0.25) is 0 Å². The quantitative estimate of drug-likeness (QED) is 0.414. The Morgan fingerprint density at radius 3 is 2.28 bits per heavy atom. The van der Waals surface area contributed by atoms with Gasteiger partial charge in [-0.2, -0.15) is 0 Å². The predicted molar refractivity (Wildman–Crippen MR) is 123 cm³/mol. The lowest BCUT2D eigenvalue weighted by Crippen LogP contribution is -2.29. The molecule has 0 aliphatic rings. The van der Waals surface area contributed by atoms with E-state index in [2.05, 4.69) is 53.1 Å². The second-order valence-electron chi connectivity index (χ2n) is 7.25. The Balaban J connectivity index is 1.90. The van der Waals surface area contributed by atoms with Gasteiger partial charge in [-0.25, -0.2) is 0 Å². The topological polar surface area (TPSA) is 45.4 Å². The molecule has 6 aromatic rings. The summed E-state index contributed by atoms with van der Waals surface area (Å²) in [6.07, 6.45) is 0. The third kappa shape index (κ3) is 2.39. The fourth-order valence-corrected chi connectivity index (χ4v) is 5.44. The third-order valence-electron chi connectivity index (χ3n) is 5.61. The van der Waals surface area contributed by atoms with Crippen LogP contribution in [0.1, 0.15) is 0 Å². The normalized spacial score (nSPS) is 11.8. The Labute approximate surface area is 171 Å². The maximum Gasteiger partial charge on any atom is 0.488 e. The second-order valence-corrected chi connectivity index (χ2v) is 8.34. The van der Waals surface area contributed by atoms with Crippen LogP contribution in [0.25, 0.3) is 47.7 Å². The Morgan fingerprint density at radius 2 is 1.45 bits per heavy atom. The number of rotatable bonds is 2. The highest BCUT2D eigenvalue weighted by Crippen LogP contribution is 2.42. The first kappa shape index (κ1) is 16.8. The average Bonchev–Trinajstić information content (AvgIpc) is 3.29. The van der Waals surface area contributed by atoms with E-state index in [9.17, 15) is 10.0 Å². The van der Waals surface area contributed by atoms with E-state index in [0.717, 1.165) is 22.1 Å². The summed E-state index contributed by atoms with van der Waals surface area (Å²) in [6.45, 7) is 0. The zero-order chi connectivity index (χ0) is 19.5. The fourth-order valence-electron chi connectivity index (χ4n) is 4.34. The minimum Gasteiger partial charge on any atom is -0.423 e. The van der Waals surface area contributed by atoms with E-state index in [-0.39, 0.29) is 0 Å². The first-order valence-corrected chi connectivity index (χ1v) is 10.3. The molecule has 0 aliphatic carbocycles. The highest BCUT2D eigenvalue weighted by atomic mass is 32.1. The standard InChI is InChI=1S/C24H16BNO2S/c27-25(28)15-10-11-17-18-12-13-22-23(19-8-4-5-9-21(19)29-22)24(18)26(20(17)14-15)16-6-2-1-3-7-16/h1-14,27-28H. The zero-order valence-electron chi connectivity index (χ0n) is 15.4. The van der Waals surface area contributed by atoms with Crippen LogP contribution in [0.2, 0.25) is 0 Å². The minimum absolute atomic E-state index is 0.490. The monoisotopic (exact) mass is 393 g/mol. The number of benzene rings is 4. The van der Waals surface area contributed by atoms with Crippen LogP contribution in [0.4, 0.5) is 0 Å². The van der Waals surface area contributed by atoms with Crippen LogP contribution >= 0.6 is 11.3 Å². The molecule has 6 rings (SSSR count). The molecule has 0 radical (unpaired) electrons. The predicted octanol–water partition coefficient (Wildman–Crippen LogP) is 4.83. The first-order valence-electron chi connectivity index (χ1n) is 9.52. The van der Waals surface area contributed by atoms with Crippen LogP contribution < -0.4 is 5.46 Å². The summed E-state index contributed by atoms with van der Waals surface area (Å²) in [4.78, 5) is 0. The molecule has 29 heavy (non-hydrogen) atoms. The van der Waals surface area contributed by atoms with E-state index in [1.165, 1.54) is 25.6 Å². The van der Waals surface area contributed by atoms with Gasteiger partial charge in [0.25, 0.3) is 0 Å². The van der Waals surface area contributed by atoms with E-state index in [1.807, 2.05) is 30.3 Å². The molecule has 0 atom stereocenters. The van der Waals surface area contributed by atoms with E-state index in [1.54, 1.807) is 17.4 Å². The van der Waals surface area contributed by atoms with Crippen LogP contribution in [-0.4, -0.2) is 21.7 Å². The van der Waals surface area contributed by atoms with Crippen molar-refractivity contribution in [2.45, 2.75) is 0 Å². The van der Waals surface area contributed by atoms with E-state index >= 15 is 0 Å². The van der Waals surface area contributed by atoms with Crippen molar-refractivity contribution in [3.63, 3.8) is 0 Å². The molecule has 0 bridgehead atoms. The molecule has 2 heterocycles. The lowest BCUT2D eigenvalue weighted by molar-refractivity contribution is 0.426. The summed E-state index contributed by atoms with van der Waals surface area (Å²) in [5.41, 5.74) is 3.68. The van der Waals surface area contributed by atoms with Crippen LogP contribution in [0, 0.1) is 0 Å². The molecule has 2 aromatic heterocycles. The average molecular weight is 393 g/mol. The van der Waals surface area contributed by atoms with Gasteiger partial charge in [-0.1, -0.05) is 54.6 Å². The van der Waals surface area contributed by atoms with Crippen molar-refractivity contribution in [2.75, 3.05) is 0 Å². The molecule has 0 saturated heterocycles. The SMILES string of the molecule is OB(O)c1ccc2c3ccc4sc5ccccc5c4c3n(-c3ccccc3)c2c1. The molecule has 0 fully saturated rings. The summed E-state index contributed by atoms with van der Waals surface area (Å²) in [5, 5.41) is 24.3. The minimum atomic E-state index is -1.50. The zero-order valence-corrected chi connectivity index (χ0v) is 16.2. The second kappa shape index (κ2) is 6.19. The number of para-hydroxylation sites is 1. The van der Waals surface area contributed by atoms with E-state index in [4.69, 9.17) is 0 Å². The smallest absolute Gasteiger partial charge is 0.423 e. The van der Waals surface area contributed by atoms with Crippen LogP contribution in [0.5, 0.6) is 0 Å². The lowest BCUT2D eigenvalue weighted by atomic mass is 9.80. The molecule has 138 valence electrons. The highest BCUT2D eigenvalue weighted by Gasteiger charge is 2.20. The molecule has 0 spiro atoms. The molecule has 0 unspecified atom stereocenters.